The standard InChI is InChI=1S/C13H17N3O/c1-15-7-4-13(5-8-15)10-9-14-6-3-11(10)16(2)12(13)17/h3,6,9H,4-5,7-8H2,1-2H3. The lowest BCUT2D eigenvalue weighted by atomic mass is 9.74. The van der Waals surface area contributed by atoms with Crippen molar-refractivity contribution in [1.29, 1.82) is 0 Å². The van der Waals surface area contributed by atoms with Crippen molar-refractivity contribution in [3.05, 3.63) is 24.0 Å². The van der Waals surface area contributed by atoms with Crippen molar-refractivity contribution in [2.75, 3.05) is 32.1 Å². The van der Waals surface area contributed by atoms with Gasteiger partial charge < -0.3 is 9.80 Å². The van der Waals surface area contributed by atoms with E-state index in [0.29, 0.717) is 0 Å². The van der Waals surface area contributed by atoms with Gasteiger partial charge in [0, 0.05) is 25.0 Å². The SMILES string of the molecule is CN1CCC2(CC1)C(=O)N(C)c1ccncc12. The van der Waals surface area contributed by atoms with Crippen LogP contribution in [-0.2, 0) is 10.2 Å². The molecule has 1 spiro atoms. The fraction of sp³-hybridized carbons (Fsp3) is 0.538. The normalized spacial score (nSPS) is 23.2. The molecule has 1 aromatic rings. The summed E-state index contributed by atoms with van der Waals surface area (Å²) in [7, 11) is 3.98. The molecule has 0 atom stereocenters. The second-order valence-electron chi connectivity index (χ2n) is 5.14. The molecule has 2 aliphatic heterocycles. The second-order valence-corrected chi connectivity index (χ2v) is 5.14. The monoisotopic (exact) mass is 231 g/mol. The van der Waals surface area contributed by atoms with E-state index in [4.69, 9.17) is 0 Å². The Hall–Kier alpha value is -1.42. The largest absolute Gasteiger partial charge is 0.314 e. The topological polar surface area (TPSA) is 36.4 Å². The Balaban J connectivity index is 2.09. The van der Waals surface area contributed by atoms with Gasteiger partial charge in [-0.1, -0.05) is 0 Å². The van der Waals surface area contributed by atoms with Gasteiger partial charge in [0.15, 0.2) is 0 Å². The summed E-state index contributed by atoms with van der Waals surface area (Å²) in [5.74, 6) is 0.244. The number of hydrogen-bond acceptors (Lipinski definition) is 3. The van der Waals surface area contributed by atoms with Crippen LogP contribution in [-0.4, -0.2) is 43.0 Å². The first-order valence-corrected chi connectivity index (χ1v) is 6.06. The molecule has 4 nitrogen and oxygen atoms in total. The van der Waals surface area contributed by atoms with Crippen LogP contribution in [0.4, 0.5) is 5.69 Å². The highest BCUT2D eigenvalue weighted by molar-refractivity contribution is 6.07. The van der Waals surface area contributed by atoms with Gasteiger partial charge >= 0.3 is 0 Å². The van der Waals surface area contributed by atoms with Crippen LogP contribution >= 0.6 is 0 Å². The maximum Gasteiger partial charge on any atom is 0.237 e. The number of aromatic nitrogens is 1. The second kappa shape index (κ2) is 3.53. The number of piperidine rings is 1. The van der Waals surface area contributed by atoms with Crippen molar-refractivity contribution in [2.24, 2.45) is 0 Å². The summed E-state index contributed by atoms with van der Waals surface area (Å²) in [6.45, 7) is 1.96. The zero-order valence-electron chi connectivity index (χ0n) is 10.3. The average molecular weight is 231 g/mol. The van der Waals surface area contributed by atoms with Gasteiger partial charge in [-0.05, 0) is 39.0 Å². The van der Waals surface area contributed by atoms with Crippen molar-refractivity contribution in [1.82, 2.24) is 9.88 Å². The van der Waals surface area contributed by atoms with Crippen molar-refractivity contribution in [3.8, 4) is 0 Å². The molecule has 1 saturated heterocycles. The lowest BCUT2D eigenvalue weighted by molar-refractivity contribution is -0.124. The number of hydrogen-bond donors (Lipinski definition) is 0. The number of pyridine rings is 1. The van der Waals surface area contributed by atoms with Crippen LogP contribution in [0.25, 0.3) is 0 Å². The van der Waals surface area contributed by atoms with Crippen molar-refractivity contribution < 1.29 is 4.79 Å². The molecular formula is C13H17N3O. The molecule has 17 heavy (non-hydrogen) atoms. The van der Waals surface area contributed by atoms with Crippen LogP contribution < -0.4 is 4.90 Å². The van der Waals surface area contributed by atoms with E-state index in [0.717, 1.165) is 37.2 Å². The summed E-state index contributed by atoms with van der Waals surface area (Å²) in [6.07, 6.45) is 5.45. The number of carbonyl (C=O) groups is 1. The third kappa shape index (κ3) is 1.33. The van der Waals surface area contributed by atoms with E-state index in [1.165, 1.54) is 0 Å². The molecule has 1 aromatic heterocycles. The fourth-order valence-corrected chi connectivity index (χ4v) is 3.08. The van der Waals surface area contributed by atoms with Crippen molar-refractivity contribution >= 4 is 11.6 Å². The molecule has 0 radical (unpaired) electrons. The minimum absolute atomic E-state index is 0.244. The predicted molar refractivity (Wildman–Crippen MR) is 66.1 cm³/mol. The molecule has 1 fully saturated rings. The molecule has 0 bridgehead atoms. The lowest BCUT2D eigenvalue weighted by Gasteiger charge is -2.36. The maximum atomic E-state index is 12.5. The Morgan fingerprint density at radius 3 is 2.71 bits per heavy atom. The summed E-state index contributed by atoms with van der Waals surface area (Å²) in [4.78, 5) is 20.8. The molecule has 1 amide bonds. The number of rotatable bonds is 0. The highest BCUT2D eigenvalue weighted by atomic mass is 16.2. The Labute approximate surface area is 101 Å². The van der Waals surface area contributed by atoms with Gasteiger partial charge in [-0.15, -0.1) is 0 Å². The van der Waals surface area contributed by atoms with Gasteiger partial charge in [-0.2, -0.15) is 0 Å². The molecule has 2 aliphatic rings. The number of carbonyl (C=O) groups excluding carboxylic acids is 1. The van der Waals surface area contributed by atoms with Crippen molar-refractivity contribution in [2.45, 2.75) is 18.3 Å². The van der Waals surface area contributed by atoms with E-state index < -0.39 is 0 Å². The van der Waals surface area contributed by atoms with E-state index in [1.807, 2.05) is 19.3 Å². The molecule has 3 rings (SSSR count). The molecular weight excluding hydrogens is 214 g/mol. The van der Waals surface area contributed by atoms with Crippen LogP contribution in [0.1, 0.15) is 18.4 Å². The first kappa shape index (κ1) is 10.7. The molecule has 0 N–H and O–H groups in total. The van der Waals surface area contributed by atoms with Crippen LogP contribution in [0.2, 0.25) is 0 Å². The van der Waals surface area contributed by atoms with Gasteiger partial charge in [0.1, 0.15) is 0 Å². The highest BCUT2D eigenvalue weighted by Crippen LogP contribution is 2.46. The summed E-state index contributed by atoms with van der Waals surface area (Å²) >= 11 is 0. The summed E-state index contributed by atoms with van der Waals surface area (Å²) in [6, 6.07) is 1.94. The first-order chi connectivity index (χ1) is 8.15. The zero-order valence-corrected chi connectivity index (χ0v) is 10.3. The molecule has 3 heterocycles. The van der Waals surface area contributed by atoms with Crippen LogP contribution in [0, 0.1) is 0 Å². The Kier molecular flexibility index (Phi) is 2.23. The minimum atomic E-state index is -0.301. The zero-order chi connectivity index (χ0) is 12.0. The van der Waals surface area contributed by atoms with E-state index >= 15 is 0 Å². The maximum absolute atomic E-state index is 12.5. The van der Waals surface area contributed by atoms with Gasteiger partial charge in [-0.3, -0.25) is 9.78 Å². The van der Waals surface area contributed by atoms with Crippen LogP contribution in [0.15, 0.2) is 18.5 Å². The third-order valence-corrected chi connectivity index (χ3v) is 4.23. The molecule has 0 aromatic carbocycles. The summed E-state index contributed by atoms with van der Waals surface area (Å²) in [5.41, 5.74) is 1.86. The van der Waals surface area contributed by atoms with Gasteiger partial charge in [0.05, 0.1) is 11.1 Å². The Morgan fingerprint density at radius 2 is 2.00 bits per heavy atom. The van der Waals surface area contributed by atoms with Gasteiger partial charge in [0.2, 0.25) is 5.91 Å². The van der Waals surface area contributed by atoms with Gasteiger partial charge in [0.25, 0.3) is 0 Å². The number of likely N-dealkylation sites (tertiary alicyclic amines) is 1. The lowest BCUT2D eigenvalue weighted by Crippen LogP contribution is -2.47. The van der Waals surface area contributed by atoms with E-state index in [2.05, 4.69) is 16.9 Å². The quantitative estimate of drug-likeness (QED) is 0.669. The molecule has 0 unspecified atom stereocenters. The average Bonchev–Trinajstić information content (AvgIpc) is 2.57. The number of nitrogens with zero attached hydrogens (tertiary/aromatic N) is 3. The fourth-order valence-electron chi connectivity index (χ4n) is 3.08. The molecule has 0 aliphatic carbocycles. The van der Waals surface area contributed by atoms with E-state index in [1.54, 1.807) is 11.1 Å². The van der Waals surface area contributed by atoms with Crippen LogP contribution in [0.3, 0.4) is 0 Å². The molecule has 4 heteroatoms. The Morgan fingerprint density at radius 1 is 1.29 bits per heavy atom. The van der Waals surface area contributed by atoms with Crippen molar-refractivity contribution in [3.63, 3.8) is 0 Å². The van der Waals surface area contributed by atoms with E-state index in [-0.39, 0.29) is 11.3 Å². The van der Waals surface area contributed by atoms with Crippen LogP contribution in [0.5, 0.6) is 0 Å². The molecule has 90 valence electrons. The number of fused-ring (bicyclic) bond motifs is 2. The smallest absolute Gasteiger partial charge is 0.237 e. The summed E-state index contributed by atoms with van der Waals surface area (Å²) < 4.78 is 0. The number of amides is 1. The number of anilines is 1. The summed E-state index contributed by atoms with van der Waals surface area (Å²) in [5, 5.41) is 0. The number of likely N-dealkylation sites (N-methyl/N-ethyl adjacent to an activating group) is 1. The Bertz CT molecular complexity index is 463. The van der Waals surface area contributed by atoms with E-state index in [9.17, 15) is 4.79 Å². The highest BCUT2D eigenvalue weighted by Gasteiger charge is 2.50. The predicted octanol–water partition coefficient (Wildman–Crippen LogP) is 1.02. The minimum Gasteiger partial charge on any atom is -0.314 e. The first-order valence-electron chi connectivity index (χ1n) is 6.06. The molecule has 0 saturated carbocycles. The third-order valence-electron chi connectivity index (χ3n) is 4.23. The van der Waals surface area contributed by atoms with Gasteiger partial charge in [-0.25, -0.2) is 0 Å².